The van der Waals surface area contributed by atoms with E-state index < -0.39 is 5.82 Å². The van der Waals surface area contributed by atoms with Crippen LogP contribution < -0.4 is 10.1 Å². The van der Waals surface area contributed by atoms with E-state index in [4.69, 9.17) is 4.74 Å². The van der Waals surface area contributed by atoms with Crippen LogP contribution in [0, 0.1) is 17.7 Å². The first-order valence-electron chi connectivity index (χ1n) is 9.16. The Bertz CT molecular complexity index is 1020. The minimum atomic E-state index is -0.522. The van der Waals surface area contributed by atoms with E-state index >= 15 is 0 Å². The molecule has 0 spiro atoms. The summed E-state index contributed by atoms with van der Waals surface area (Å²) < 4.78 is 21.0. The first-order chi connectivity index (χ1) is 13.7. The van der Waals surface area contributed by atoms with E-state index in [1.54, 1.807) is 29.8 Å². The number of halogens is 1. The number of fused-ring (bicyclic) bond motifs is 1. The number of amides is 1. The van der Waals surface area contributed by atoms with E-state index in [1.165, 1.54) is 11.3 Å². The molecule has 144 valence electrons. The van der Waals surface area contributed by atoms with E-state index in [9.17, 15) is 9.18 Å². The van der Waals surface area contributed by atoms with Gasteiger partial charge in [-0.2, -0.15) is 0 Å². The third kappa shape index (κ3) is 5.30. The van der Waals surface area contributed by atoms with E-state index in [1.807, 2.05) is 12.1 Å². The Labute approximate surface area is 167 Å². The number of thiazole rings is 1. The predicted molar refractivity (Wildman–Crippen MR) is 111 cm³/mol. The lowest BCUT2D eigenvalue weighted by atomic mass is 10.1. The van der Waals surface area contributed by atoms with Crippen LogP contribution in [-0.4, -0.2) is 17.5 Å². The number of nitrogens with one attached hydrogen (secondary N) is 1. The Hall–Kier alpha value is -2.91. The molecule has 0 aliphatic rings. The molecule has 0 radical (unpaired) electrons. The highest BCUT2D eigenvalue weighted by Crippen LogP contribution is 2.23. The summed E-state index contributed by atoms with van der Waals surface area (Å²) in [4.78, 5) is 16.5. The van der Waals surface area contributed by atoms with Crippen molar-refractivity contribution in [2.45, 2.75) is 32.6 Å². The molecule has 1 aromatic heterocycles. The monoisotopic (exact) mass is 396 g/mol. The maximum atomic E-state index is 14.6. The molecule has 28 heavy (non-hydrogen) atoms. The summed E-state index contributed by atoms with van der Waals surface area (Å²) in [6.07, 6.45) is 2.87. The molecule has 1 N–H and O–H groups in total. The van der Waals surface area contributed by atoms with Gasteiger partial charge in [-0.05, 0) is 30.7 Å². The van der Waals surface area contributed by atoms with Crippen molar-refractivity contribution in [2.75, 3.05) is 11.9 Å². The van der Waals surface area contributed by atoms with Crippen LogP contribution in [0.5, 0.6) is 5.75 Å². The summed E-state index contributed by atoms with van der Waals surface area (Å²) >= 11 is 1.50. The van der Waals surface area contributed by atoms with Crippen LogP contribution in [0.3, 0.4) is 0 Å². The first-order valence-corrected chi connectivity index (χ1v) is 10.0. The number of aromatic nitrogens is 1. The molecule has 1 amide bonds. The maximum Gasteiger partial charge on any atom is 0.228 e. The SMILES string of the molecule is CCCCC#CCOc1cccc(CC(=O)Nc2ccc3ncsc3c2)c1F. The van der Waals surface area contributed by atoms with Crippen molar-refractivity contribution in [3.05, 3.63) is 53.3 Å². The normalized spacial score (nSPS) is 10.4. The Morgan fingerprint density at radius 3 is 3.04 bits per heavy atom. The van der Waals surface area contributed by atoms with Crippen LogP contribution in [0.4, 0.5) is 10.1 Å². The zero-order valence-corrected chi connectivity index (χ0v) is 16.4. The number of hydrogen-bond acceptors (Lipinski definition) is 4. The third-order valence-electron chi connectivity index (χ3n) is 4.09. The van der Waals surface area contributed by atoms with E-state index in [0.717, 1.165) is 29.5 Å². The van der Waals surface area contributed by atoms with Crippen LogP contribution in [0.1, 0.15) is 31.7 Å². The average molecular weight is 396 g/mol. The van der Waals surface area contributed by atoms with Gasteiger partial charge in [0, 0.05) is 17.7 Å². The Balaban J connectivity index is 1.59. The number of nitrogens with zero attached hydrogens (tertiary/aromatic N) is 1. The molecule has 0 aliphatic carbocycles. The summed E-state index contributed by atoms with van der Waals surface area (Å²) in [5, 5.41) is 2.80. The quantitative estimate of drug-likeness (QED) is 0.442. The first kappa shape index (κ1) is 19.8. The number of unbranched alkanes of at least 4 members (excludes halogenated alkanes) is 2. The van der Waals surface area contributed by atoms with E-state index in [-0.39, 0.29) is 30.2 Å². The maximum absolute atomic E-state index is 14.6. The second kappa shape index (κ2) is 9.86. The van der Waals surface area contributed by atoms with Crippen LogP contribution in [0.2, 0.25) is 0 Å². The van der Waals surface area contributed by atoms with Gasteiger partial charge in [0.25, 0.3) is 0 Å². The molecule has 3 rings (SSSR count). The molecule has 3 aromatic rings. The second-order valence-corrected chi connectivity index (χ2v) is 7.12. The van der Waals surface area contributed by atoms with Gasteiger partial charge in [0.2, 0.25) is 5.91 Å². The number of hydrogen-bond donors (Lipinski definition) is 1. The largest absolute Gasteiger partial charge is 0.478 e. The van der Waals surface area contributed by atoms with Crippen molar-refractivity contribution < 1.29 is 13.9 Å². The number of ether oxygens (including phenoxy) is 1. The van der Waals surface area contributed by atoms with Gasteiger partial charge in [-0.1, -0.05) is 37.3 Å². The zero-order chi connectivity index (χ0) is 19.8. The molecule has 1 heterocycles. The van der Waals surface area contributed by atoms with Gasteiger partial charge in [-0.25, -0.2) is 9.37 Å². The fraction of sp³-hybridized carbons (Fsp3) is 0.273. The van der Waals surface area contributed by atoms with Gasteiger partial charge in [-0.3, -0.25) is 4.79 Å². The van der Waals surface area contributed by atoms with E-state index in [2.05, 4.69) is 29.1 Å². The Morgan fingerprint density at radius 1 is 1.29 bits per heavy atom. The van der Waals surface area contributed by atoms with Crippen molar-refractivity contribution >= 4 is 33.1 Å². The fourth-order valence-corrected chi connectivity index (χ4v) is 3.35. The van der Waals surface area contributed by atoms with Gasteiger partial charge < -0.3 is 10.1 Å². The topological polar surface area (TPSA) is 51.2 Å². The van der Waals surface area contributed by atoms with Crippen molar-refractivity contribution in [1.29, 1.82) is 0 Å². The lowest BCUT2D eigenvalue weighted by molar-refractivity contribution is -0.115. The Kier molecular flexibility index (Phi) is 6.99. The minimum Gasteiger partial charge on any atom is -0.478 e. The van der Waals surface area contributed by atoms with Crippen LogP contribution in [0.25, 0.3) is 10.2 Å². The van der Waals surface area contributed by atoms with E-state index in [0.29, 0.717) is 5.69 Å². The highest BCUT2D eigenvalue weighted by Gasteiger charge is 2.13. The Morgan fingerprint density at radius 2 is 2.18 bits per heavy atom. The van der Waals surface area contributed by atoms with Gasteiger partial charge in [0.15, 0.2) is 11.6 Å². The molecule has 4 nitrogen and oxygen atoms in total. The third-order valence-corrected chi connectivity index (χ3v) is 4.88. The zero-order valence-electron chi connectivity index (χ0n) is 15.6. The summed E-state index contributed by atoms with van der Waals surface area (Å²) in [7, 11) is 0. The number of rotatable bonds is 7. The molecule has 0 saturated carbocycles. The summed E-state index contributed by atoms with van der Waals surface area (Å²) in [5.41, 5.74) is 3.59. The van der Waals surface area contributed by atoms with Gasteiger partial charge >= 0.3 is 0 Å². The van der Waals surface area contributed by atoms with Crippen LogP contribution >= 0.6 is 11.3 Å². The minimum absolute atomic E-state index is 0.0774. The van der Waals surface area contributed by atoms with Crippen molar-refractivity contribution in [3.8, 4) is 17.6 Å². The van der Waals surface area contributed by atoms with Crippen molar-refractivity contribution in [1.82, 2.24) is 4.98 Å². The van der Waals surface area contributed by atoms with Crippen LogP contribution in [0.15, 0.2) is 41.9 Å². The molecule has 0 fully saturated rings. The highest BCUT2D eigenvalue weighted by molar-refractivity contribution is 7.16. The fourth-order valence-electron chi connectivity index (χ4n) is 2.63. The smallest absolute Gasteiger partial charge is 0.228 e. The molecular formula is C22H21FN2O2S. The molecule has 0 saturated heterocycles. The number of benzene rings is 2. The summed E-state index contributed by atoms with van der Waals surface area (Å²) in [6, 6.07) is 10.3. The number of carbonyl (C=O) groups excluding carboxylic acids is 1. The summed E-state index contributed by atoms with van der Waals surface area (Å²) in [6.45, 7) is 2.23. The lowest BCUT2D eigenvalue weighted by Crippen LogP contribution is -2.15. The van der Waals surface area contributed by atoms with Crippen molar-refractivity contribution in [3.63, 3.8) is 0 Å². The molecule has 0 unspecified atom stereocenters. The number of carbonyl (C=O) groups is 1. The highest BCUT2D eigenvalue weighted by atomic mass is 32.1. The van der Waals surface area contributed by atoms with Gasteiger partial charge in [0.1, 0.15) is 6.61 Å². The van der Waals surface area contributed by atoms with Crippen LogP contribution in [-0.2, 0) is 11.2 Å². The molecule has 6 heteroatoms. The molecule has 0 atom stereocenters. The molecule has 0 bridgehead atoms. The molecule has 0 aliphatic heterocycles. The summed E-state index contributed by atoms with van der Waals surface area (Å²) in [5.74, 6) is 5.17. The average Bonchev–Trinajstić information content (AvgIpc) is 3.15. The molecule has 2 aromatic carbocycles. The van der Waals surface area contributed by atoms with Gasteiger partial charge in [-0.15, -0.1) is 11.3 Å². The standard InChI is InChI=1S/C22H21FN2O2S/c1-2-3-4-5-6-12-27-19-9-7-8-16(22(19)23)13-21(26)25-17-10-11-18-20(14-17)28-15-24-18/h7-11,14-15H,2-4,12-13H2,1H3,(H,25,26). The van der Waals surface area contributed by atoms with Gasteiger partial charge in [0.05, 0.1) is 22.1 Å². The second-order valence-electron chi connectivity index (χ2n) is 6.23. The molecular weight excluding hydrogens is 375 g/mol. The van der Waals surface area contributed by atoms with Crippen molar-refractivity contribution in [2.24, 2.45) is 0 Å². The number of anilines is 1. The lowest BCUT2D eigenvalue weighted by Gasteiger charge is -2.09. The predicted octanol–water partition coefficient (Wildman–Crippen LogP) is 5.19.